The lowest BCUT2D eigenvalue weighted by Crippen LogP contribution is -2.31. The summed E-state index contributed by atoms with van der Waals surface area (Å²) in [5, 5.41) is 7.01. The van der Waals surface area contributed by atoms with Crippen LogP contribution in [0.3, 0.4) is 0 Å². The van der Waals surface area contributed by atoms with Gasteiger partial charge in [-0.15, -0.1) is 22.7 Å². The van der Waals surface area contributed by atoms with Gasteiger partial charge in [-0.05, 0) is 27.7 Å². The molecule has 114 valence electrons. The Hall–Kier alpha value is -1.47. The second-order valence-corrected chi connectivity index (χ2v) is 7.26. The number of anilines is 1. The van der Waals surface area contributed by atoms with Crippen LogP contribution in [0.25, 0.3) is 0 Å². The molecule has 1 N–H and O–H groups in total. The summed E-state index contributed by atoms with van der Waals surface area (Å²) in [6, 6.07) is 0. The normalized spacial score (nSPS) is 11.4. The third kappa shape index (κ3) is 3.79. The molecule has 0 unspecified atom stereocenters. The fourth-order valence-corrected chi connectivity index (χ4v) is 3.32. The van der Waals surface area contributed by atoms with E-state index in [1.165, 1.54) is 11.3 Å². The van der Waals surface area contributed by atoms with Gasteiger partial charge in [0.15, 0.2) is 5.13 Å². The van der Waals surface area contributed by atoms with Gasteiger partial charge in [0.1, 0.15) is 5.41 Å². The number of hydrogen-bond donors (Lipinski definition) is 1. The van der Waals surface area contributed by atoms with Crippen molar-refractivity contribution in [3.05, 3.63) is 27.2 Å². The standard InChI is InChI=1S/C14H19N3O2S2/c1-5-19-12(18)14(3,4)11-8-20-13(17-11)16-7-10-6-15-9(2)21-10/h6,8H,5,7H2,1-4H3,(H,16,17). The average Bonchev–Trinajstić information content (AvgIpc) is 3.05. The monoisotopic (exact) mass is 325 g/mol. The number of nitrogens with one attached hydrogen (secondary N) is 1. The number of rotatable bonds is 6. The number of esters is 1. The summed E-state index contributed by atoms with van der Waals surface area (Å²) in [7, 11) is 0. The van der Waals surface area contributed by atoms with Gasteiger partial charge in [-0.1, -0.05) is 0 Å². The molecule has 0 spiro atoms. The maximum Gasteiger partial charge on any atom is 0.317 e. The van der Waals surface area contributed by atoms with Crippen LogP contribution >= 0.6 is 22.7 Å². The highest BCUT2D eigenvalue weighted by molar-refractivity contribution is 7.13. The number of ether oxygens (including phenoxy) is 1. The molecular formula is C14H19N3O2S2. The first-order valence-electron chi connectivity index (χ1n) is 6.72. The Bertz CT molecular complexity index is 619. The molecule has 5 nitrogen and oxygen atoms in total. The Morgan fingerprint density at radius 1 is 1.48 bits per heavy atom. The van der Waals surface area contributed by atoms with E-state index in [0.29, 0.717) is 13.2 Å². The first kappa shape index (κ1) is 15.9. The van der Waals surface area contributed by atoms with Crippen LogP contribution < -0.4 is 5.32 Å². The molecule has 0 aliphatic rings. The fourth-order valence-electron chi connectivity index (χ4n) is 1.71. The summed E-state index contributed by atoms with van der Waals surface area (Å²) >= 11 is 3.15. The number of carbonyl (C=O) groups excluding carboxylic acids is 1. The van der Waals surface area contributed by atoms with Crippen LogP contribution in [0.1, 0.15) is 36.3 Å². The molecule has 0 saturated carbocycles. The van der Waals surface area contributed by atoms with Crippen molar-refractivity contribution in [1.29, 1.82) is 0 Å². The number of hydrogen-bond acceptors (Lipinski definition) is 7. The zero-order chi connectivity index (χ0) is 15.5. The van der Waals surface area contributed by atoms with E-state index in [-0.39, 0.29) is 5.97 Å². The molecule has 2 aromatic heterocycles. The molecular weight excluding hydrogens is 306 g/mol. The Labute approximate surface area is 132 Å². The van der Waals surface area contributed by atoms with Crippen LogP contribution in [0, 0.1) is 6.92 Å². The van der Waals surface area contributed by atoms with Gasteiger partial charge in [-0.2, -0.15) is 0 Å². The van der Waals surface area contributed by atoms with E-state index >= 15 is 0 Å². The lowest BCUT2D eigenvalue weighted by atomic mass is 9.90. The highest BCUT2D eigenvalue weighted by atomic mass is 32.1. The smallest absolute Gasteiger partial charge is 0.317 e. The summed E-state index contributed by atoms with van der Waals surface area (Å²) in [5.41, 5.74) is 0.00184. The molecule has 0 aliphatic carbocycles. The van der Waals surface area contributed by atoms with Crippen molar-refractivity contribution in [2.24, 2.45) is 0 Å². The summed E-state index contributed by atoms with van der Waals surface area (Å²) in [4.78, 5) is 21.8. The van der Waals surface area contributed by atoms with Crippen molar-refractivity contribution < 1.29 is 9.53 Å². The van der Waals surface area contributed by atoms with Gasteiger partial charge in [0.05, 0.1) is 23.9 Å². The molecule has 0 bridgehead atoms. The maximum atomic E-state index is 12.0. The summed E-state index contributed by atoms with van der Waals surface area (Å²) in [6.45, 7) is 8.52. The first-order valence-corrected chi connectivity index (χ1v) is 8.41. The van der Waals surface area contributed by atoms with Crippen molar-refractivity contribution in [3.63, 3.8) is 0 Å². The Morgan fingerprint density at radius 2 is 2.24 bits per heavy atom. The molecule has 2 rings (SSSR count). The predicted octanol–water partition coefficient (Wildman–Crippen LogP) is 3.36. The molecule has 2 aromatic rings. The van der Waals surface area contributed by atoms with Gasteiger partial charge in [-0.3, -0.25) is 4.79 Å². The number of nitrogens with zero attached hydrogens (tertiary/aromatic N) is 2. The van der Waals surface area contributed by atoms with Crippen molar-refractivity contribution >= 4 is 33.8 Å². The summed E-state index contributed by atoms with van der Waals surface area (Å²) < 4.78 is 5.10. The zero-order valence-electron chi connectivity index (χ0n) is 12.6. The van der Waals surface area contributed by atoms with Gasteiger partial charge in [0.2, 0.25) is 0 Å². The first-order chi connectivity index (χ1) is 9.93. The minimum atomic E-state index is -0.729. The summed E-state index contributed by atoms with van der Waals surface area (Å²) in [6.07, 6.45) is 1.87. The van der Waals surface area contributed by atoms with Crippen molar-refractivity contribution in [1.82, 2.24) is 9.97 Å². The minimum Gasteiger partial charge on any atom is -0.465 e. The van der Waals surface area contributed by atoms with Crippen molar-refractivity contribution in [2.75, 3.05) is 11.9 Å². The van der Waals surface area contributed by atoms with Gasteiger partial charge in [0.25, 0.3) is 0 Å². The van der Waals surface area contributed by atoms with Crippen LogP contribution in [0.2, 0.25) is 0 Å². The second kappa shape index (κ2) is 6.53. The number of aromatic nitrogens is 2. The van der Waals surface area contributed by atoms with Crippen molar-refractivity contribution in [3.8, 4) is 0 Å². The Morgan fingerprint density at radius 3 is 2.86 bits per heavy atom. The lowest BCUT2D eigenvalue weighted by molar-refractivity contribution is -0.148. The van der Waals surface area contributed by atoms with Gasteiger partial charge in [-0.25, -0.2) is 9.97 Å². The van der Waals surface area contributed by atoms with Gasteiger partial charge in [0, 0.05) is 16.5 Å². The molecule has 0 aromatic carbocycles. The molecule has 0 amide bonds. The van der Waals surface area contributed by atoms with Crippen molar-refractivity contribution in [2.45, 2.75) is 39.7 Å². The van der Waals surface area contributed by atoms with E-state index in [1.807, 2.05) is 32.3 Å². The zero-order valence-corrected chi connectivity index (χ0v) is 14.2. The predicted molar refractivity (Wildman–Crippen MR) is 86.0 cm³/mol. The van der Waals surface area contributed by atoms with Gasteiger partial charge >= 0.3 is 5.97 Å². The SMILES string of the molecule is CCOC(=O)C(C)(C)c1csc(NCc2cnc(C)s2)n1. The third-order valence-electron chi connectivity index (χ3n) is 3.01. The molecule has 0 saturated heterocycles. The largest absolute Gasteiger partial charge is 0.465 e. The van der Waals surface area contributed by atoms with E-state index in [9.17, 15) is 4.79 Å². The molecule has 7 heteroatoms. The van der Waals surface area contributed by atoms with Gasteiger partial charge < -0.3 is 10.1 Å². The second-order valence-electron chi connectivity index (χ2n) is 5.08. The number of thiazole rings is 2. The van der Waals surface area contributed by atoms with Crippen LogP contribution in [0.5, 0.6) is 0 Å². The average molecular weight is 325 g/mol. The van der Waals surface area contributed by atoms with E-state index in [4.69, 9.17) is 4.74 Å². The molecule has 21 heavy (non-hydrogen) atoms. The summed E-state index contributed by atoms with van der Waals surface area (Å²) in [5.74, 6) is -0.250. The van der Waals surface area contributed by atoms with Crippen LogP contribution in [0.4, 0.5) is 5.13 Å². The molecule has 0 aliphatic heterocycles. The van der Waals surface area contributed by atoms with E-state index in [1.54, 1.807) is 18.3 Å². The molecule has 2 heterocycles. The topological polar surface area (TPSA) is 64.1 Å². The maximum absolute atomic E-state index is 12.0. The Balaban J connectivity index is 2.02. The van der Waals surface area contributed by atoms with E-state index in [0.717, 1.165) is 20.7 Å². The fraction of sp³-hybridized carbons (Fsp3) is 0.500. The lowest BCUT2D eigenvalue weighted by Gasteiger charge is -2.19. The van der Waals surface area contributed by atoms with Crippen LogP contribution in [-0.2, 0) is 21.5 Å². The molecule has 0 radical (unpaired) electrons. The minimum absolute atomic E-state index is 0.250. The van der Waals surface area contributed by atoms with Crippen LogP contribution in [0.15, 0.2) is 11.6 Å². The van der Waals surface area contributed by atoms with Crippen LogP contribution in [-0.4, -0.2) is 22.5 Å². The number of aryl methyl sites for hydroxylation is 1. The number of carbonyl (C=O) groups is 1. The molecule has 0 fully saturated rings. The quantitative estimate of drug-likeness (QED) is 0.825. The Kier molecular flexibility index (Phi) is 4.95. The van der Waals surface area contributed by atoms with E-state index in [2.05, 4.69) is 15.3 Å². The molecule has 0 atom stereocenters. The highest BCUT2D eigenvalue weighted by Gasteiger charge is 2.33. The van der Waals surface area contributed by atoms with E-state index < -0.39 is 5.41 Å². The third-order valence-corrected chi connectivity index (χ3v) is 4.73. The highest BCUT2D eigenvalue weighted by Crippen LogP contribution is 2.28.